The van der Waals surface area contributed by atoms with Crippen LogP contribution < -0.4 is 0 Å². The van der Waals surface area contributed by atoms with Crippen LogP contribution >= 0.6 is 0 Å². The van der Waals surface area contributed by atoms with Crippen molar-refractivity contribution in [1.82, 2.24) is 0 Å². The Kier molecular flexibility index (Phi) is 2.29. The first-order chi connectivity index (χ1) is 4.94. The predicted octanol–water partition coefficient (Wildman–Crippen LogP) is 2.40. The number of hydrogen-bond acceptors (Lipinski definition) is 1. The Morgan fingerprint density at radius 1 is 1.45 bits per heavy atom. The zero-order valence-corrected chi connectivity index (χ0v) is 8.02. The molecule has 0 bridgehead atoms. The van der Waals surface area contributed by atoms with Crippen LogP contribution in [-0.2, 0) is 0 Å². The maximum absolute atomic E-state index is 9.45. The molecule has 1 saturated carbocycles. The molecular weight excluding hydrogens is 136 g/mol. The van der Waals surface area contributed by atoms with E-state index in [9.17, 15) is 5.11 Å². The lowest BCUT2D eigenvalue weighted by Gasteiger charge is -2.50. The standard InChI is InChI=1S/C10H19O/c1-7(2)5-8-6-9(11)10(8,3)4/h8-9,11H,5-6H2,1-4H3. The lowest BCUT2D eigenvalue weighted by Crippen LogP contribution is -2.49. The third-order valence-corrected chi connectivity index (χ3v) is 3.07. The quantitative estimate of drug-likeness (QED) is 0.649. The number of aliphatic hydroxyl groups is 1. The van der Waals surface area contributed by atoms with Gasteiger partial charge in [-0.15, -0.1) is 0 Å². The molecule has 0 aromatic carbocycles. The molecule has 1 heteroatoms. The summed E-state index contributed by atoms with van der Waals surface area (Å²) in [5.74, 6) is 2.19. The second-order valence-corrected chi connectivity index (χ2v) is 4.68. The minimum atomic E-state index is -0.0631. The van der Waals surface area contributed by atoms with E-state index >= 15 is 0 Å². The van der Waals surface area contributed by atoms with Crippen molar-refractivity contribution in [2.45, 2.75) is 46.6 Å². The summed E-state index contributed by atoms with van der Waals surface area (Å²) in [5, 5.41) is 9.45. The SMILES string of the molecule is C[C](C)CC1CC(O)C1(C)C. The zero-order chi connectivity index (χ0) is 8.65. The van der Waals surface area contributed by atoms with Crippen LogP contribution in [-0.4, -0.2) is 11.2 Å². The molecule has 0 saturated heterocycles. The van der Waals surface area contributed by atoms with Gasteiger partial charge in [0.25, 0.3) is 0 Å². The summed E-state index contributed by atoms with van der Waals surface area (Å²) < 4.78 is 0. The largest absolute Gasteiger partial charge is 0.393 e. The smallest absolute Gasteiger partial charge is 0.0596 e. The Labute approximate surface area is 69.8 Å². The van der Waals surface area contributed by atoms with Gasteiger partial charge in [-0.05, 0) is 30.1 Å². The summed E-state index contributed by atoms with van der Waals surface area (Å²) in [4.78, 5) is 0. The first-order valence-electron chi connectivity index (χ1n) is 4.41. The maximum atomic E-state index is 9.45. The van der Waals surface area contributed by atoms with Crippen molar-refractivity contribution in [2.24, 2.45) is 11.3 Å². The molecule has 1 N–H and O–H groups in total. The van der Waals surface area contributed by atoms with Crippen molar-refractivity contribution in [2.75, 3.05) is 0 Å². The van der Waals surface area contributed by atoms with Gasteiger partial charge in [0.15, 0.2) is 0 Å². The second kappa shape index (κ2) is 2.78. The summed E-state index contributed by atoms with van der Waals surface area (Å²) in [7, 11) is 0. The van der Waals surface area contributed by atoms with Crippen molar-refractivity contribution in [3.05, 3.63) is 5.92 Å². The highest BCUT2D eigenvalue weighted by atomic mass is 16.3. The van der Waals surface area contributed by atoms with Crippen LogP contribution in [0.2, 0.25) is 0 Å². The van der Waals surface area contributed by atoms with Gasteiger partial charge in [0.1, 0.15) is 0 Å². The van der Waals surface area contributed by atoms with E-state index in [1.165, 1.54) is 12.3 Å². The number of hydrogen-bond donors (Lipinski definition) is 1. The van der Waals surface area contributed by atoms with Gasteiger partial charge < -0.3 is 5.11 Å². The average Bonchev–Trinajstić information content (AvgIpc) is 1.87. The van der Waals surface area contributed by atoms with Crippen LogP contribution in [0.3, 0.4) is 0 Å². The fourth-order valence-electron chi connectivity index (χ4n) is 1.83. The molecule has 0 aromatic rings. The summed E-state index contributed by atoms with van der Waals surface area (Å²) in [5.41, 5.74) is 0.164. The van der Waals surface area contributed by atoms with Crippen LogP contribution in [0.1, 0.15) is 40.5 Å². The molecule has 65 valence electrons. The van der Waals surface area contributed by atoms with Crippen LogP contribution in [0.4, 0.5) is 0 Å². The van der Waals surface area contributed by atoms with E-state index in [2.05, 4.69) is 27.7 Å². The molecule has 1 fully saturated rings. The molecule has 0 aliphatic heterocycles. The van der Waals surface area contributed by atoms with Crippen LogP contribution in [0.5, 0.6) is 0 Å². The first-order valence-corrected chi connectivity index (χ1v) is 4.41. The van der Waals surface area contributed by atoms with Crippen LogP contribution in [0.15, 0.2) is 0 Å². The fraction of sp³-hybridized carbons (Fsp3) is 0.900. The van der Waals surface area contributed by atoms with E-state index in [0.717, 1.165) is 6.42 Å². The Bertz CT molecular complexity index is 138. The van der Waals surface area contributed by atoms with E-state index < -0.39 is 0 Å². The van der Waals surface area contributed by atoms with Crippen molar-refractivity contribution in [1.29, 1.82) is 0 Å². The minimum absolute atomic E-state index is 0.0631. The van der Waals surface area contributed by atoms with Crippen molar-refractivity contribution in [3.63, 3.8) is 0 Å². The molecule has 0 amide bonds. The average molecular weight is 155 g/mol. The monoisotopic (exact) mass is 155 g/mol. The van der Waals surface area contributed by atoms with E-state index in [-0.39, 0.29) is 11.5 Å². The third-order valence-electron chi connectivity index (χ3n) is 3.07. The van der Waals surface area contributed by atoms with Crippen molar-refractivity contribution in [3.8, 4) is 0 Å². The molecule has 0 spiro atoms. The third kappa shape index (κ3) is 1.58. The maximum Gasteiger partial charge on any atom is 0.0596 e. The molecule has 2 unspecified atom stereocenters. The summed E-state index contributed by atoms with van der Waals surface area (Å²) in [6.07, 6.45) is 2.12. The van der Waals surface area contributed by atoms with E-state index in [4.69, 9.17) is 0 Å². The zero-order valence-electron chi connectivity index (χ0n) is 8.02. The minimum Gasteiger partial charge on any atom is -0.393 e. The highest BCUT2D eigenvalue weighted by Gasteiger charge is 2.46. The summed E-state index contributed by atoms with van der Waals surface area (Å²) in [6.45, 7) is 8.66. The lowest BCUT2D eigenvalue weighted by atomic mass is 9.58. The molecule has 11 heavy (non-hydrogen) atoms. The summed E-state index contributed by atoms with van der Waals surface area (Å²) in [6, 6.07) is 0. The molecule has 1 aliphatic rings. The van der Waals surface area contributed by atoms with Crippen molar-refractivity contribution >= 4 is 0 Å². The van der Waals surface area contributed by atoms with E-state index in [0.29, 0.717) is 5.92 Å². The highest BCUT2D eigenvalue weighted by molar-refractivity contribution is 5.00. The molecule has 0 aromatic heterocycles. The highest BCUT2D eigenvalue weighted by Crippen LogP contribution is 2.49. The van der Waals surface area contributed by atoms with E-state index in [1.807, 2.05) is 0 Å². The molecule has 1 aliphatic carbocycles. The lowest BCUT2D eigenvalue weighted by molar-refractivity contribution is -0.0991. The normalized spacial score (nSPS) is 35.5. The van der Waals surface area contributed by atoms with Gasteiger partial charge in [0, 0.05) is 0 Å². The van der Waals surface area contributed by atoms with E-state index in [1.54, 1.807) is 0 Å². The Hall–Kier alpha value is -0.0400. The van der Waals surface area contributed by atoms with Crippen molar-refractivity contribution < 1.29 is 5.11 Å². The van der Waals surface area contributed by atoms with Gasteiger partial charge in [-0.25, -0.2) is 0 Å². The Morgan fingerprint density at radius 3 is 2.27 bits per heavy atom. The van der Waals surface area contributed by atoms with Gasteiger partial charge in [-0.3, -0.25) is 0 Å². The number of rotatable bonds is 2. The Balaban J connectivity index is 2.40. The first kappa shape index (κ1) is 9.05. The van der Waals surface area contributed by atoms with Gasteiger partial charge >= 0.3 is 0 Å². The van der Waals surface area contributed by atoms with Crippen LogP contribution in [0.25, 0.3) is 0 Å². The Morgan fingerprint density at radius 2 is 2.00 bits per heavy atom. The molecule has 1 radical (unpaired) electrons. The molecule has 2 atom stereocenters. The molecule has 0 heterocycles. The second-order valence-electron chi connectivity index (χ2n) is 4.68. The molecular formula is C10H19O. The van der Waals surface area contributed by atoms with Crippen LogP contribution in [0, 0.1) is 17.3 Å². The molecule has 1 rings (SSSR count). The van der Waals surface area contributed by atoms with Gasteiger partial charge in [0.05, 0.1) is 6.10 Å². The van der Waals surface area contributed by atoms with Gasteiger partial charge in [0.2, 0.25) is 0 Å². The predicted molar refractivity (Wildman–Crippen MR) is 47.1 cm³/mol. The summed E-state index contributed by atoms with van der Waals surface area (Å²) >= 11 is 0. The van der Waals surface area contributed by atoms with Gasteiger partial charge in [-0.2, -0.15) is 0 Å². The number of aliphatic hydroxyl groups excluding tert-OH is 1. The fourth-order valence-corrected chi connectivity index (χ4v) is 1.83. The molecule has 1 nitrogen and oxygen atoms in total. The topological polar surface area (TPSA) is 20.2 Å². The van der Waals surface area contributed by atoms with Gasteiger partial charge in [-0.1, -0.05) is 27.7 Å².